The number of likely N-dealkylation sites (tertiary alicyclic amines) is 1. The summed E-state index contributed by atoms with van der Waals surface area (Å²) < 4.78 is 12.0. The molecular formula is C15H17N3O4. The van der Waals surface area contributed by atoms with Crippen molar-refractivity contribution in [1.29, 1.82) is 0 Å². The Hall–Kier alpha value is -2.57. The zero-order valence-electron chi connectivity index (χ0n) is 12.4. The van der Waals surface area contributed by atoms with E-state index in [9.17, 15) is 9.59 Å². The average molecular weight is 303 g/mol. The van der Waals surface area contributed by atoms with Crippen LogP contribution in [0.5, 0.6) is 0 Å². The number of fused-ring (bicyclic) bond motifs is 1. The number of nitrogens with zero attached hydrogens (tertiary/aromatic N) is 3. The topological polar surface area (TPSA) is 73.7 Å². The summed E-state index contributed by atoms with van der Waals surface area (Å²) in [4.78, 5) is 29.1. The van der Waals surface area contributed by atoms with Crippen molar-refractivity contribution in [3.8, 4) is 0 Å². The van der Waals surface area contributed by atoms with E-state index >= 15 is 0 Å². The van der Waals surface area contributed by atoms with Crippen LogP contribution >= 0.6 is 0 Å². The minimum Gasteiger partial charge on any atom is -0.461 e. The van der Waals surface area contributed by atoms with Crippen LogP contribution in [0.2, 0.25) is 0 Å². The zero-order chi connectivity index (χ0) is 15.7. The molecule has 0 spiro atoms. The first-order valence-electron chi connectivity index (χ1n) is 7.03. The van der Waals surface area contributed by atoms with Crippen molar-refractivity contribution in [2.45, 2.75) is 25.6 Å². The van der Waals surface area contributed by atoms with E-state index in [0.29, 0.717) is 13.0 Å². The van der Waals surface area contributed by atoms with Gasteiger partial charge in [0.25, 0.3) is 0 Å². The maximum atomic E-state index is 12.0. The molecule has 1 fully saturated rings. The Morgan fingerprint density at radius 1 is 1.32 bits per heavy atom. The lowest BCUT2D eigenvalue weighted by Gasteiger charge is -2.24. The van der Waals surface area contributed by atoms with Crippen molar-refractivity contribution in [2.24, 2.45) is 0 Å². The van der Waals surface area contributed by atoms with E-state index in [1.165, 1.54) is 14.0 Å². The highest BCUT2D eigenvalue weighted by molar-refractivity contribution is 5.76. The molecule has 1 saturated heterocycles. The van der Waals surface area contributed by atoms with E-state index in [0.717, 1.165) is 11.0 Å². The van der Waals surface area contributed by atoms with Crippen molar-refractivity contribution >= 4 is 23.1 Å². The van der Waals surface area contributed by atoms with Crippen LogP contribution in [-0.2, 0) is 14.3 Å². The number of para-hydroxylation sites is 2. The first kappa shape index (κ1) is 14.4. The SMILES string of the molecule is COC(=O)N1C[C@H](OC(C)=O)C[C@@H]1n1cnc2ccccc21. The van der Waals surface area contributed by atoms with E-state index in [1.807, 2.05) is 28.8 Å². The molecule has 0 radical (unpaired) electrons. The molecule has 7 heteroatoms. The third-order valence-corrected chi connectivity index (χ3v) is 3.78. The van der Waals surface area contributed by atoms with Gasteiger partial charge in [-0.05, 0) is 12.1 Å². The van der Waals surface area contributed by atoms with Gasteiger partial charge in [-0.2, -0.15) is 0 Å². The van der Waals surface area contributed by atoms with Gasteiger partial charge in [-0.3, -0.25) is 9.69 Å². The second-order valence-corrected chi connectivity index (χ2v) is 5.21. The molecule has 1 aliphatic rings. The Kier molecular flexibility index (Phi) is 3.70. The zero-order valence-corrected chi connectivity index (χ0v) is 12.4. The summed E-state index contributed by atoms with van der Waals surface area (Å²) in [5, 5.41) is 0. The smallest absolute Gasteiger partial charge is 0.411 e. The summed E-state index contributed by atoms with van der Waals surface area (Å²) in [6.45, 7) is 1.67. The fraction of sp³-hybridized carbons (Fsp3) is 0.400. The molecule has 0 saturated carbocycles. The fourth-order valence-corrected chi connectivity index (χ4v) is 2.89. The van der Waals surface area contributed by atoms with Gasteiger partial charge in [-0.1, -0.05) is 12.1 Å². The molecule has 2 heterocycles. The summed E-state index contributed by atoms with van der Waals surface area (Å²) in [5.41, 5.74) is 1.77. The van der Waals surface area contributed by atoms with Crippen molar-refractivity contribution in [2.75, 3.05) is 13.7 Å². The molecule has 7 nitrogen and oxygen atoms in total. The number of hydrogen-bond donors (Lipinski definition) is 0. The molecule has 22 heavy (non-hydrogen) atoms. The van der Waals surface area contributed by atoms with Crippen LogP contribution in [0.1, 0.15) is 19.5 Å². The first-order chi connectivity index (χ1) is 10.6. The van der Waals surface area contributed by atoms with Gasteiger partial charge in [0, 0.05) is 13.3 Å². The number of aromatic nitrogens is 2. The van der Waals surface area contributed by atoms with Gasteiger partial charge in [0.2, 0.25) is 0 Å². The second-order valence-electron chi connectivity index (χ2n) is 5.21. The highest BCUT2D eigenvalue weighted by Gasteiger charge is 2.39. The first-order valence-corrected chi connectivity index (χ1v) is 7.03. The Labute approximate surface area is 127 Å². The Morgan fingerprint density at radius 3 is 2.82 bits per heavy atom. The monoisotopic (exact) mass is 303 g/mol. The molecule has 0 unspecified atom stereocenters. The number of carbonyl (C=O) groups excluding carboxylic acids is 2. The molecule has 1 aromatic carbocycles. The van der Waals surface area contributed by atoms with Crippen molar-refractivity contribution < 1.29 is 19.1 Å². The van der Waals surface area contributed by atoms with Gasteiger partial charge in [0.15, 0.2) is 0 Å². The lowest BCUT2D eigenvalue weighted by Crippen LogP contribution is -2.34. The predicted octanol–water partition coefficient (Wildman–Crippen LogP) is 1.94. The average Bonchev–Trinajstić information content (AvgIpc) is 3.09. The highest BCUT2D eigenvalue weighted by atomic mass is 16.6. The number of ether oxygens (including phenoxy) is 2. The number of hydrogen-bond acceptors (Lipinski definition) is 5. The van der Waals surface area contributed by atoms with Gasteiger partial charge in [0.1, 0.15) is 12.3 Å². The minimum absolute atomic E-state index is 0.288. The van der Waals surface area contributed by atoms with Crippen LogP contribution in [0.25, 0.3) is 11.0 Å². The molecule has 0 N–H and O–H groups in total. The van der Waals surface area contributed by atoms with Gasteiger partial charge < -0.3 is 14.0 Å². The number of benzene rings is 1. The molecular weight excluding hydrogens is 286 g/mol. The number of amides is 1. The van der Waals surface area contributed by atoms with Gasteiger partial charge in [-0.25, -0.2) is 9.78 Å². The quantitative estimate of drug-likeness (QED) is 0.793. The van der Waals surface area contributed by atoms with E-state index in [2.05, 4.69) is 4.98 Å². The second kappa shape index (κ2) is 5.67. The predicted molar refractivity (Wildman–Crippen MR) is 78.1 cm³/mol. The highest BCUT2D eigenvalue weighted by Crippen LogP contribution is 2.32. The number of esters is 1. The van der Waals surface area contributed by atoms with Crippen LogP contribution in [0.4, 0.5) is 4.79 Å². The van der Waals surface area contributed by atoms with Gasteiger partial charge in [0.05, 0.1) is 31.0 Å². The van der Waals surface area contributed by atoms with Crippen LogP contribution in [-0.4, -0.2) is 46.3 Å². The third kappa shape index (κ3) is 2.49. The Bertz CT molecular complexity index is 712. The fourth-order valence-electron chi connectivity index (χ4n) is 2.89. The Morgan fingerprint density at radius 2 is 2.09 bits per heavy atom. The number of methoxy groups -OCH3 is 1. The van der Waals surface area contributed by atoms with Crippen LogP contribution in [0.15, 0.2) is 30.6 Å². The Balaban J connectivity index is 1.95. The number of rotatable bonds is 2. The molecule has 0 bridgehead atoms. The van der Waals surface area contributed by atoms with Crippen LogP contribution < -0.4 is 0 Å². The van der Waals surface area contributed by atoms with Gasteiger partial charge >= 0.3 is 12.1 Å². The number of carbonyl (C=O) groups is 2. The summed E-state index contributed by atoms with van der Waals surface area (Å²) in [6.07, 6.45) is 1.13. The summed E-state index contributed by atoms with van der Waals surface area (Å²) >= 11 is 0. The molecule has 1 amide bonds. The lowest BCUT2D eigenvalue weighted by atomic mass is 10.2. The van der Waals surface area contributed by atoms with E-state index < -0.39 is 6.09 Å². The minimum atomic E-state index is -0.447. The van der Waals surface area contributed by atoms with Crippen LogP contribution in [0.3, 0.4) is 0 Å². The van der Waals surface area contributed by atoms with Crippen LogP contribution in [0, 0.1) is 0 Å². The standard InChI is InChI=1S/C15H17N3O4/c1-10(19)22-11-7-14(17(8-11)15(20)21-2)18-9-16-12-5-3-4-6-13(12)18/h3-6,9,11,14H,7-8H2,1-2H3/t11-,14+/m1/s1. The molecule has 2 atom stereocenters. The summed E-state index contributed by atoms with van der Waals surface area (Å²) in [6, 6.07) is 7.68. The van der Waals surface area contributed by atoms with Gasteiger partial charge in [-0.15, -0.1) is 0 Å². The molecule has 1 aromatic heterocycles. The number of imidazole rings is 1. The van der Waals surface area contributed by atoms with Crippen molar-refractivity contribution in [3.05, 3.63) is 30.6 Å². The van der Waals surface area contributed by atoms with E-state index in [-0.39, 0.29) is 18.2 Å². The maximum absolute atomic E-state index is 12.0. The summed E-state index contributed by atoms with van der Waals surface area (Å²) in [7, 11) is 1.34. The largest absolute Gasteiger partial charge is 0.461 e. The third-order valence-electron chi connectivity index (χ3n) is 3.78. The van der Waals surface area contributed by atoms with Crippen molar-refractivity contribution in [1.82, 2.24) is 14.5 Å². The maximum Gasteiger partial charge on any atom is 0.411 e. The molecule has 116 valence electrons. The van der Waals surface area contributed by atoms with Crippen molar-refractivity contribution in [3.63, 3.8) is 0 Å². The molecule has 1 aliphatic heterocycles. The summed E-state index contributed by atoms with van der Waals surface area (Å²) in [5.74, 6) is -0.356. The molecule has 0 aliphatic carbocycles. The lowest BCUT2D eigenvalue weighted by molar-refractivity contribution is -0.145. The molecule has 2 aromatic rings. The van der Waals surface area contributed by atoms with E-state index in [1.54, 1.807) is 11.2 Å². The molecule has 3 rings (SSSR count). The van der Waals surface area contributed by atoms with E-state index in [4.69, 9.17) is 9.47 Å². The normalized spacial score (nSPS) is 21.1.